The number of hydrogen-bond donors (Lipinski definition) is 0. The summed E-state index contributed by atoms with van der Waals surface area (Å²) in [5.74, 6) is 0. The van der Waals surface area contributed by atoms with E-state index in [-0.39, 0.29) is 10.8 Å². The molecule has 6 aromatic carbocycles. The van der Waals surface area contributed by atoms with Crippen molar-refractivity contribution in [3.63, 3.8) is 0 Å². The van der Waals surface area contributed by atoms with E-state index in [4.69, 9.17) is 0 Å². The van der Waals surface area contributed by atoms with Crippen LogP contribution in [0.1, 0.15) is 78.4 Å². The van der Waals surface area contributed by atoms with E-state index in [0.717, 1.165) is 38.8 Å². The summed E-state index contributed by atoms with van der Waals surface area (Å²) < 4.78 is 2.50. The summed E-state index contributed by atoms with van der Waals surface area (Å²) in [5.41, 5.74) is 14.3. The van der Waals surface area contributed by atoms with Gasteiger partial charge in [0.2, 0.25) is 17.1 Å². The van der Waals surface area contributed by atoms with Crippen molar-refractivity contribution in [2.45, 2.75) is 78.1 Å². The van der Waals surface area contributed by atoms with E-state index in [2.05, 4.69) is 214 Å². The summed E-state index contributed by atoms with van der Waals surface area (Å²) in [6.45, 7) is 16.2. The molecule has 6 aromatic rings. The van der Waals surface area contributed by atoms with Gasteiger partial charge in [0.25, 0.3) is 0 Å². The van der Waals surface area contributed by atoms with Gasteiger partial charge in [0, 0.05) is 82.1 Å². The molecule has 2 heterocycles. The first kappa shape index (κ1) is 37.6. The molecule has 3 aliphatic rings. The van der Waals surface area contributed by atoms with Crippen molar-refractivity contribution in [2.75, 3.05) is 22.9 Å². The molecule has 1 aliphatic carbocycles. The highest BCUT2D eigenvalue weighted by atomic mass is 15.2. The number of nitrogens with zero attached hydrogens (tertiary/aromatic N) is 3. The quantitative estimate of drug-likeness (QED) is 0.143. The molecule has 0 radical (unpaired) electrons. The fraction of sp³-hybridized carbons (Fsp3) is 0.255. The van der Waals surface area contributed by atoms with Crippen molar-refractivity contribution in [1.82, 2.24) is 4.58 Å². The Morgan fingerprint density at radius 3 is 1.29 bits per heavy atom. The molecule has 2 aliphatic heterocycles. The minimum atomic E-state index is -0.154. The van der Waals surface area contributed by atoms with Crippen LogP contribution in [0, 0.1) is 0 Å². The van der Waals surface area contributed by atoms with E-state index >= 15 is 0 Å². The van der Waals surface area contributed by atoms with E-state index in [0.29, 0.717) is 0 Å². The highest BCUT2D eigenvalue weighted by molar-refractivity contribution is 6.17. The minimum Gasteiger partial charge on any atom is -0.344 e. The lowest BCUT2D eigenvalue weighted by molar-refractivity contribution is 0.633. The molecule has 0 unspecified atom stereocenters. The lowest BCUT2D eigenvalue weighted by atomic mass is 9.81. The smallest absolute Gasteiger partial charge is 0.218 e. The molecule has 0 bridgehead atoms. The Balaban J connectivity index is 1.23. The molecular weight excluding hydrogens is 703 g/mol. The van der Waals surface area contributed by atoms with E-state index < -0.39 is 0 Å². The van der Waals surface area contributed by atoms with Gasteiger partial charge in [-0.15, -0.1) is 0 Å². The maximum absolute atomic E-state index is 2.59. The zero-order valence-electron chi connectivity index (χ0n) is 35.1. The molecular formula is C55H56N3+. The molecule has 0 N–H and O–H groups in total. The summed E-state index contributed by atoms with van der Waals surface area (Å²) in [7, 11) is 0. The number of para-hydroxylation sites is 2. The molecule has 1 fully saturated rings. The van der Waals surface area contributed by atoms with Gasteiger partial charge in [-0.1, -0.05) is 151 Å². The predicted molar refractivity (Wildman–Crippen MR) is 250 cm³/mol. The van der Waals surface area contributed by atoms with Gasteiger partial charge >= 0.3 is 0 Å². The van der Waals surface area contributed by atoms with E-state index in [9.17, 15) is 0 Å². The summed E-state index contributed by atoms with van der Waals surface area (Å²) >= 11 is 0. The highest BCUT2D eigenvalue weighted by Gasteiger charge is 2.43. The molecule has 3 nitrogen and oxygen atoms in total. The molecule has 58 heavy (non-hydrogen) atoms. The Kier molecular flexibility index (Phi) is 9.80. The second-order valence-corrected chi connectivity index (χ2v) is 17.3. The van der Waals surface area contributed by atoms with Crippen molar-refractivity contribution in [1.29, 1.82) is 0 Å². The Morgan fingerprint density at radius 1 is 0.483 bits per heavy atom. The molecule has 9 rings (SSSR count). The largest absolute Gasteiger partial charge is 0.344 e. The van der Waals surface area contributed by atoms with Crippen molar-refractivity contribution in [3.05, 3.63) is 191 Å². The second-order valence-electron chi connectivity index (χ2n) is 17.3. The Hall–Kier alpha value is -5.93. The standard InChI is InChI=1S/C55H56N3/c1-7-37-56-47-33-29-39-19-15-17-25-45(39)51(47)54(3,4)49(56)35-31-41-27-28-42(53(41)58(43-21-11-9-12-22-43)44-23-13-10-14-24-44)32-36-50-55(5,6)52-46-26-18-16-20-40(46)30-34-48(52)57(50)38-8-2/h9-26,29-36H,7-8,27-28,37-38H2,1-6H3/q+1. The van der Waals surface area contributed by atoms with Crippen molar-refractivity contribution in [2.24, 2.45) is 0 Å². The second kappa shape index (κ2) is 15.1. The van der Waals surface area contributed by atoms with Gasteiger partial charge in [-0.3, -0.25) is 0 Å². The van der Waals surface area contributed by atoms with Gasteiger partial charge in [-0.25, -0.2) is 0 Å². The van der Waals surface area contributed by atoms with Crippen LogP contribution in [0.3, 0.4) is 0 Å². The van der Waals surface area contributed by atoms with Crippen LogP contribution in [-0.2, 0) is 10.8 Å². The number of rotatable bonds is 8. The van der Waals surface area contributed by atoms with E-state index in [1.54, 1.807) is 0 Å². The first-order valence-electron chi connectivity index (χ1n) is 21.4. The van der Waals surface area contributed by atoms with Gasteiger partial charge in [-0.2, -0.15) is 4.58 Å². The molecule has 1 saturated carbocycles. The van der Waals surface area contributed by atoms with Gasteiger partial charge in [0.1, 0.15) is 0 Å². The monoisotopic (exact) mass is 758 g/mol. The molecule has 0 amide bonds. The zero-order valence-corrected chi connectivity index (χ0v) is 35.1. The topological polar surface area (TPSA) is 9.49 Å². The fourth-order valence-corrected chi connectivity index (χ4v) is 10.2. The van der Waals surface area contributed by atoms with Gasteiger partial charge in [0.15, 0.2) is 0 Å². The third kappa shape index (κ3) is 6.23. The average molecular weight is 759 g/mol. The average Bonchev–Trinajstić information content (AvgIpc) is 3.81. The fourth-order valence-electron chi connectivity index (χ4n) is 10.2. The van der Waals surface area contributed by atoms with Crippen molar-refractivity contribution >= 4 is 50.0 Å². The molecule has 0 spiro atoms. The van der Waals surface area contributed by atoms with Crippen LogP contribution >= 0.6 is 0 Å². The van der Waals surface area contributed by atoms with Crippen LogP contribution in [0.4, 0.5) is 22.7 Å². The van der Waals surface area contributed by atoms with Crippen LogP contribution in [0.2, 0.25) is 0 Å². The van der Waals surface area contributed by atoms with Crippen molar-refractivity contribution in [3.8, 4) is 0 Å². The lowest BCUT2D eigenvalue weighted by Gasteiger charge is -2.27. The number of anilines is 2. The summed E-state index contributed by atoms with van der Waals surface area (Å²) in [5, 5.41) is 5.33. The normalized spacial score (nSPS) is 19.7. The van der Waals surface area contributed by atoms with E-state index in [1.165, 1.54) is 83.7 Å². The first-order chi connectivity index (χ1) is 28.2. The van der Waals surface area contributed by atoms with Crippen molar-refractivity contribution < 1.29 is 0 Å². The summed E-state index contributed by atoms with van der Waals surface area (Å²) in [6, 6.07) is 49.0. The minimum absolute atomic E-state index is 0.154. The SMILES string of the molecule is CCCN1/C(=C\C=C2/CC/C(=C\C=C3\N(CCC)c4ccc5ccccc5c4C3(C)C)C2=[N+](c2ccccc2)c2ccccc2)C(C)(C)c2c1ccc1ccccc21. The summed E-state index contributed by atoms with van der Waals surface area (Å²) in [4.78, 5) is 5.18. The molecule has 290 valence electrons. The van der Waals surface area contributed by atoms with Crippen LogP contribution < -0.4 is 14.4 Å². The molecule has 0 saturated heterocycles. The maximum Gasteiger partial charge on any atom is 0.218 e. The summed E-state index contributed by atoms with van der Waals surface area (Å²) in [6.07, 6.45) is 13.9. The van der Waals surface area contributed by atoms with Gasteiger partial charge in [-0.05, 0) is 82.6 Å². The van der Waals surface area contributed by atoms with Crippen LogP contribution in [-0.4, -0.2) is 18.8 Å². The molecule has 3 heteroatoms. The highest BCUT2D eigenvalue weighted by Crippen LogP contribution is 2.52. The van der Waals surface area contributed by atoms with Crippen LogP contribution in [0.25, 0.3) is 21.5 Å². The third-order valence-electron chi connectivity index (χ3n) is 12.8. The van der Waals surface area contributed by atoms with Crippen LogP contribution in [0.15, 0.2) is 180 Å². The maximum atomic E-state index is 2.59. The lowest BCUT2D eigenvalue weighted by Crippen LogP contribution is -2.27. The Morgan fingerprint density at radius 2 is 0.879 bits per heavy atom. The van der Waals surface area contributed by atoms with Crippen LogP contribution in [0.5, 0.6) is 0 Å². The number of fused-ring (bicyclic) bond motifs is 6. The van der Waals surface area contributed by atoms with E-state index in [1.807, 2.05) is 0 Å². The molecule has 0 aromatic heterocycles. The Labute approximate surface area is 345 Å². The number of allylic oxidation sites excluding steroid dienone is 8. The molecule has 0 atom stereocenters. The van der Waals surface area contributed by atoms with Gasteiger partial charge in [0.05, 0.1) is 0 Å². The first-order valence-corrected chi connectivity index (χ1v) is 21.4. The predicted octanol–water partition coefficient (Wildman–Crippen LogP) is 14.1. The van der Waals surface area contributed by atoms with Gasteiger partial charge < -0.3 is 9.80 Å². The number of hydrogen-bond acceptors (Lipinski definition) is 2. The number of benzene rings is 6. The zero-order chi connectivity index (χ0) is 40.0. The Bertz CT molecular complexity index is 2500. The third-order valence-corrected chi connectivity index (χ3v) is 12.8.